The second kappa shape index (κ2) is 10.3. The Morgan fingerprint density at radius 1 is 1.17 bits per heavy atom. The summed E-state index contributed by atoms with van der Waals surface area (Å²) in [5.74, 6) is 0.335. The van der Waals surface area contributed by atoms with Gasteiger partial charge in [-0.15, -0.1) is 0 Å². The average Bonchev–Trinajstić information content (AvgIpc) is 2.57. The van der Waals surface area contributed by atoms with Gasteiger partial charge in [0.15, 0.2) is 11.5 Å². The number of carbonyl (C=O) groups excluding carboxylic acids is 1. The van der Waals surface area contributed by atoms with Crippen LogP contribution in [0.3, 0.4) is 0 Å². The van der Waals surface area contributed by atoms with Gasteiger partial charge < -0.3 is 19.3 Å². The van der Waals surface area contributed by atoms with Crippen LogP contribution in [0.25, 0.3) is 10.4 Å². The lowest BCUT2D eigenvalue weighted by atomic mass is 10.1. The predicted molar refractivity (Wildman–Crippen MR) is 84.1 cm³/mol. The van der Waals surface area contributed by atoms with E-state index in [9.17, 15) is 4.79 Å². The molecule has 0 aliphatic heterocycles. The van der Waals surface area contributed by atoms with Crippen molar-refractivity contribution in [2.45, 2.75) is 25.7 Å². The molecule has 1 amide bonds. The highest BCUT2D eigenvalue weighted by molar-refractivity contribution is 5.96. The molecule has 0 spiro atoms. The van der Waals surface area contributed by atoms with E-state index < -0.39 is 5.91 Å². The normalized spacial score (nSPS) is 9.87. The number of hydrogen-bond donors (Lipinski definition) is 1. The fraction of sp³-hybridized carbons (Fsp3) is 0.533. The molecule has 1 rings (SSSR count). The Morgan fingerprint density at radius 2 is 1.78 bits per heavy atom. The van der Waals surface area contributed by atoms with Gasteiger partial charge in [0.05, 0.1) is 20.8 Å². The Hall–Kier alpha value is -2.44. The summed E-state index contributed by atoms with van der Waals surface area (Å²) in [6, 6.07) is 2.89. The van der Waals surface area contributed by atoms with E-state index in [0.29, 0.717) is 23.9 Å². The van der Waals surface area contributed by atoms with Crippen molar-refractivity contribution in [3.05, 3.63) is 28.1 Å². The topological polar surface area (TPSA) is 114 Å². The third-order valence-electron chi connectivity index (χ3n) is 3.14. The lowest BCUT2D eigenvalue weighted by molar-refractivity contribution is 0.0999. The lowest BCUT2D eigenvalue weighted by Crippen LogP contribution is -2.04. The zero-order chi connectivity index (χ0) is 17.1. The smallest absolute Gasteiger partial charge is 0.249 e. The molecule has 0 unspecified atom stereocenters. The zero-order valence-corrected chi connectivity index (χ0v) is 13.3. The maximum absolute atomic E-state index is 11.7. The molecule has 0 atom stereocenters. The van der Waals surface area contributed by atoms with Crippen LogP contribution in [0.4, 0.5) is 0 Å². The number of aliphatic hydroxyl groups is 1. The fourth-order valence-corrected chi connectivity index (χ4v) is 1.99. The van der Waals surface area contributed by atoms with Gasteiger partial charge in [0, 0.05) is 17.1 Å². The van der Waals surface area contributed by atoms with Gasteiger partial charge in [-0.05, 0) is 42.0 Å². The number of ether oxygens (including phenoxy) is 3. The standard InChI is InChI=1S/C15H21N3O5/c1-21-12-9-11(15(20)17-18-16)10-13(22-2)14(12)23-8-6-4-3-5-7-19/h9-10,19H,3-8H2,1-2H3. The first-order chi connectivity index (χ1) is 11.2. The molecule has 8 nitrogen and oxygen atoms in total. The SMILES string of the molecule is COc1cc(C(=O)N=[N+]=[N-])cc(OC)c1OCCCCCCO. The van der Waals surface area contributed by atoms with Gasteiger partial charge in [0.25, 0.3) is 0 Å². The highest BCUT2D eigenvalue weighted by Crippen LogP contribution is 2.38. The molecule has 0 saturated heterocycles. The summed E-state index contributed by atoms with van der Waals surface area (Å²) in [6.07, 6.45) is 3.49. The molecular weight excluding hydrogens is 302 g/mol. The van der Waals surface area contributed by atoms with E-state index >= 15 is 0 Å². The summed E-state index contributed by atoms with van der Waals surface area (Å²) in [5, 5.41) is 11.8. The second-order valence-corrected chi connectivity index (χ2v) is 4.69. The van der Waals surface area contributed by atoms with Crippen LogP contribution in [-0.4, -0.2) is 38.4 Å². The van der Waals surface area contributed by atoms with Crippen molar-refractivity contribution in [2.24, 2.45) is 5.11 Å². The monoisotopic (exact) mass is 323 g/mol. The van der Waals surface area contributed by atoms with Crippen molar-refractivity contribution in [2.75, 3.05) is 27.4 Å². The van der Waals surface area contributed by atoms with Crippen molar-refractivity contribution in [1.29, 1.82) is 0 Å². The Balaban J connectivity index is 2.85. The van der Waals surface area contributed by atoms with Crippen LogP contribution in [0.5, 0.6) is 17.2 Å². The lowest BCUT2D eigenvalue weighted by Gasteiger charge is -2.15. The van der Waals surface area contributed by atoms with E-state index in [0.717, 1.165) is 25.7 Å². The second-order valence-electron chi connectivity index (χ2n) is 4.69. The van der Waals surface area contributed by atoms with Gasteiger partial charge in [-0.3, -0.25) is 4.79 Å². The first-order valence-corrected chi connectivity index (χ1v) is 7.27. The summed E-state index contributed by atoms with van der Waals surface area (Å²) < 4.78 is 16.2. The molecule has 0 aromatic heterocycles. The van der Waals surface area contributed by atoms with Gasteiger partial charge in [0.1, 0.15) is 0 Å². The van der Waals surface area contributed by atoms with E-state index in [2.05, 4.69) is 10.0 Å². The minimum absolute atomic E-state index is 0.159. The van der Waals surface area contributed by atoms with Crippen LogP contribution >= 0.6 is 0 Å². The zero-order valence-electron chi connectivity index (χ0n) is 13.3. The molecular formula is C15H21N3O5. The Morgan fingerprint density at radius 3 is 2.30 bits per heavy atom. The quantitative estimate of drug-likeness (QED) is 0.307. The largest absolute Gasteiger partial charge is 0.493 e. The summed E-state index contributed by atoms with van der Waals surface area (Å²) >= 11 is 0. The van der Waals surface area contributed by atoms with E-state index in [4.69, 9.17) is 24.8 Å². The molecule has 0 saturated carbocycles. The fourth-order valence-electron chi connectivity index (χ4n) is 1.99. The first-order valence-electron chi connectivity index (χ1n) is 7.27. The molecule has 0 radical (unpaired) electrons. The maximum Gasteiger partial charge on any atom is 0.249 e. The highest BCUT2D eigenvalue weighted by atomic mass is 16.5. The van der Waals surface area contributed by atoms with Crippen molar-refractivity contribution < 1.29 is 24.1 Å². The molecule has 8 heteroatoms. The van der Waals surface area contributed by atoms with E-state index in [1.54, 1.807) is 0 Å². The van der Waals surface area contributed by atoms with E-state index in [1.807, 2.05) is 0 Å². The van der Waals surface area contributed by atoms with Crippen LogP contribution in [0.15, 0.2) is 17.2 Å². The molecule has 23 heavy (non-hydrogen) atoms. The maximum atomic E-state index is 11.7. The van der Waals surface area contributed by atoms with Crippen molar-refractivity contribution in [3.8, 4) is 17.2 Å². The van der Waals surface area contributed by atoms with Crippen molar-refractivity contribution in [1.82, 2.24) is 0 Å². The molecule has 0 bridgehead atoms. The van der Waals surface area contributed by atoms with Crippen LogP contribution in [0.2, 0.25) is 0 Å². The Kier molecular flexibility index (Phi) is 8.34. The minimum Gasteiger partial charge on any atom is -0.493 e. The van der Waals surface area contributed by atoms with Crippen molar-refractivity contribution in [3.63, 3.8) is 0 Å². The van der Waals surface area contributed by atoms with Gasteiger partial charge in [-0.25, -0.2) is 0 Å². The van der Waals surface area contributed by atoms with Gasteiger partial charge >= 0.3 is 0 Å². The average molecular weight is 323 g/mol. The number of hydrogen-bond acceptors (Lipinski definition) is 5. The number of aliphatic hydroxyl groups excluding tert-OH is 1. The van der Waals surface area contributed by atoms with Crippen LogP contribution in [-0.2, 0) is 0 Å². The van der Waals surface area contributed by atoms with Crippen molar-refractivity contribution >= 4 is 5.91 Å². The first kappa shape index (κ1) is 18.6. The molecule has 126 valence electrons. The Labute approximate surface area is 134 Å². The third kappa shape index (κ3) is 5.69. The number of rotatable bonds is 10. The summed E-state index contributed by atoms with van der Waals surface area (Å²) in [4.78, 5) is 14.1. The Bertz CT molecular complexity index is 545. The van der Waals surface area contributed by atoms with Gasteiger partial charge in [-0.1, -0.05) is 6.42 Å². The molecule has 1 aromatic rings. The molecule has 0 aliphatic carbocycles. The minimum atomic E-state index is -0.723. The summed E-state index contributed by atoms with van der Waals surface area (Å²) in [7, 11) is 2.90. The van der Waals surface area contributed by atoms with Gasteiger partial charge in [-0.2, -0.15) is 0 Å². The third-order valence-corrected chi connectivity index (χ3v) is 3.14. The number of amides is 1. The molecule has 0 heterocycles. The molecule has 0 aliphatic rings. The van der Waals surface area contributed by atoms with Crippen LogP contribution in [0.1, 0.15) is 36.0 Å². The number of nitrogens with zero attached hydrogens (tertiary/aromatic N) is 3. The number of benzene rings is 1. The highest BCUT2D eigenvalue weighted by Gasteiger charge is 2.17. The van der Waals surface area contributed by atoms with E-state index in [1.165, 1.54) is 26.4 Å². The molecule has 1 aromatic carbocycles. The summed E-state index contributed by atoms with van der Waals surface area (Å²) in [6.45, 7) is 0.658. The number of azide groups is 1. The van der Waals surface area contributed by atoms with Gasteiger partial charge in [0.2, 0.25) is 11.7 Å². The number of methoxy groups -OCH3 is 2. The van der Waals surface area contributed by atoms with Crippen LogP contribution < -0.4 is 14.2 Å². The number of carbonyl (C=O) groups is 1. The number of unbranched alkanes of at least 4 members (excludes halogenated alkanes) is 3. The predicted octanol–water partition coefficient (Wildman–Crippen LogP) is 3.09. The summed E-state index contributed by atoms with van der Waals surface area (Å²) in [5.41, 5.74) is 8.50. The van der Waals surface area contributed by atoms with Crippen LogP contribution in [0, 0.1) is 0 Å². The molecule has 1 N–H and O–H groups in total. The van der Waals surface area contributed by atoms with E-state index in [-0.39, 0.29) is 12.2 Å². The molecule has 0 fully saturated rings.